The molecule has 22 heavy (non-hydrogen) atoms. The molecule has 1 aliphatic rings. The molecule has 114 valence electrons. The lowest BCUT2D eigenvalue weighted by molar-refractivity contribution is 0.379. The van der Waals surface area contributed by atoms with E-state index in [2.05, 4.69) is 24.8 Å². The average molecular weight is 296 g/mol. The van der Waals surface area contributed by atoms with Crippen molar-refractivity contribution in [2.75, 3.05) is 31.1 Å². The highest BCUT2D eigenvalue weighted by Gasteiger charge is 2.18. The molecule has 1 aliphatic heterocycles. The Balaban J connectivity index is 1.54. The highest BCUT2D eigenvalue weighted by atomic mass is 15.3. The van der Waals surface area contributed by atoms with Crippen LogP contribution in [-0.2, 0) is 6.54 Å². The molecule has 0 spiro atoms. The first-order valence-corrected chi connectivity index (χ1v) is 7.44. The van der Waals surface area contributed by atoms with Gasteiger partial charge in [-0.2, -0.15) is 0 Å². The number of nitrogens with zero attached hydrogens (tertiary/aromatic N) is 5. The number of nitrogens with two attached hydrogens (primary N) is 1. The smallest absolute Gasteiger partial charge is 0.191 e. The van der Waals surface area contributed by atoms with Gasteiger partial charge in [0, 0.05) is 38.6 Å². The average Bonchev–Trinajstić information content (AvgIpc) is 2.61. The number of rotatable bonds is 3. The van der Waals surface area contributed by atoms with Gasteiger partial charge < -0.3 is 15.5 Å². The zero-order valence-electron chi connectivity index (χ0n) is 12.5. The van der Waals surface area contributed by atoms with Gasteiger partial charge in [-0.1, -0.05) is 12.1 Å². The second kappa shape index (κ2) is 6.89. The van der Waals surface area contributed by atoms with E-state index in [1.54, 1.807) is 6.20 Å². The van der Waals surface area contributed by atoms with E-state index in [4.69, 9.17) is 5.73 Å². The van der Waals surface area contributed by atoms with Crippen molar-refractivity contribution < 1.29 is 0 Å². The Kier molecular flexibility index (Phi) is 4.48. The van der Waals surface area contributed by atoms with Crippen LogP contribution >= 0.6 is 0 Å². The molecule has 0 bridgehead atoms. The number of hydrogen-bond donors (Lipinski definition) is 1. The SMILES string of the molecule is NC(=NCc1ccccn1)N1CCN(c2ccccn2)CC1. The van der Waals surface area contributed by atoms with Gasteiger partial charge in [-0.25, -0.2) is 9.98 Å². The molecule has 2 aromatic heterocycles. The summed E-state index contributed by atoms with van der Waals surface area (Å²) >= 11 is 0. The van der Waals surface area contributed by atoms with Crippen molar-refractivity contribution in [1.82, 2.24) is 14.9 Å². The summed E-state index contributed by atoms with van der Waals surface area (Å²) in [6.07, 6.45) is 3.59. The Hall–Kier alpha value is -2.63. The van der Waals surface area contributed by atoms with Crippen LogP contribution in [0.2, 0.25) is 0 Å². The van der Waals surface area contributed by atoms with Gasteiger partial charge in [-0.15, -0.1) is 0 Å². The van der Waals surface area contributed by atoms with Crippen LogP contribution in [0.4, 0.5) is 5.82 Å². The molecule has 0 amide bonds. The lowest BCUT2D eigenvalue weighted by atomic mass is 10.3. The third-order valence-corrected chi connectivity index (χ3v) is 3.71. The minimum Gasteiger partial charge on any atom is -0.370 e. The largest absolute Gasteiger partial charge is 0.370 e. The maximum atomic E-state index is 6.09. The fourth-order valence-electron chi connectivity index (χ4n) is 2.46. The van der Waals surface area contributed by atoms with E-state index in [0.717, 1.165) is 37.7 Å². The van der Waals surface area contributed by atoms with Crippen LogP contribution in [0.3, 0.4) is 0 Å². The maximum Gasteiger partial charge on any atom is 0.191 e. The van der Waals surface area contributed by atoms with Crippen LogP contribution in [0.5, 0.6) is 0 Å². The van der Waals surface area contributed by atoms with Crippen LogP contribution < -0.4 is 10.6 Å². The number of hydrogen-bond acceptors (Lipinski definition) is 4. The highest BCUT2D eigenvalue weighted by Crippen LogP contribution is 2.12. The van der Waals surface area contributed by atoms with Crippen molar-refractivity contribution in [3.8, 4) is 0 Å². The molecular formula is C16H20N6. The summed E-state index contributed by atoms with van der Waals surface area (Å²) in [6, 6.07) is 11.8. The Labute approximate surface area is 130 Å². The van der Waals surface area contributed by atoms with E-state index < -0.39 is 0 Å². The molecule has 6 heteroatoms. The molecule has 0 unspecified atom stereocenters. The highest BCUT2D eigenvalue weighted by molar-refractivity contribution is 5.78. The summed E-state index contributed by atoms with van der Waals surface area (Å²) in [5.74, 6) is 1.61. The second-order valence-electron chi connectivity index (χ2n) is 5.16. The van der Waals surface area contributed by atoms with Gasteiger partial charge in [-0.3, -0.25) is 4.98 Å². The molecule has 1 saturated heterocycles. The summed E-state index contributed by atoms with van der Waals surface area (Å²) in [7, 11) is 0. The molecule has 1 fully saturated rings. The van der Waals surface area contributed by atoms with Gasteiger partial charge in [0.05, 0.1) is 12.2 Å². The molecule has 0 aromatic carbocycles. The van der Waals surface area contributed by atoms with Gasteiger partial charge in [-0.05, 0) is 24.3 Å². The lowest BCUT2D eigenvalue weighted by Gasteiger charge is -2.35. The first-order chi connectivity index (χ1) is 10.8. The van der Waals surface area contributed by atoms with Crippen molar-refractivity contribution in [2.45, 2.75) is 6.54 Å². The van der Waals surface area contributed by atoms with E-state index in [1.807, 2.05) is 42.6 Å². The zero-order chi connectivity index (χ0) is 15.2. The first-order valence-electron chi connectivity index (χ1n) is 7.44. The number of aliphatic imine (C=N–C) groups is 1. The second-order valence-corrected chi connectivity index (χ2v) is 5.16. The minimum atomic E-state index is 0.521. The van der Waals surface area contributed by atoms with Crippen LogP contribution in [0.25, 0.3) is 0 Å². The third-order valence-electron chi connectivity index (χ3n) is 3.71. The minimum absolute atomic E-state index is 0.521. The standard InChI is InChI=1S/C16H20N6/c17-16(20-13-14-5-1-3-7-18-14)22-11-9-21(10-12-22)15-6-2-4-8-19-15/h1-8H,9-13H2,(H2,17,20). The summed E-state index contributed by atoms with van der Waals surface area (Å²) < 4.78 is 0. The molecular weight excluding hydrogens is 276 g/mol. The maximum absolute atomic E-state index is 6.09. The van der Waals surface area contributed by atoms with Crippen molar-refractivity contribution in [1.29, 1.82) is 0 Å². The predicted molar refractivity (Wildman–Crippen MR) is 87.6 cm³/mol. The van der Waals surface area contributed by atoms with Crippen LogP contribution in [0.15, 0.2) is 53.8 Å². The molecule has 3 rings (SSSR count). The van der Waals surface area contributed by atoms with Crippen molar-refractivity contribution in [3.05, 3.63) is 54.5 Å². The number of guanidine groups is 1. The van der Waals surface area contributed by atoms with Gasteiger partial charge in [0.15, 0.2) is 5.96 Å². The van der Waals surface area contributed by atoms with E-state index in [-0.39, 0.29) is 0 Å². The fourth-order valence-corrected chi connectivity index (χ4v) is 2.46. The van der Waals surface area contributed by atoms with Gasteiger partial charge in [0.2, 0.25) is 0 Å². The van der Waals surface area contributed by atoms with Gasteiger partial charge >= 0.3 is 0 Å². The number of piperazine rings is 1. The summed E-state index contributed by atoms with van der Waals surface area (Å²) in [5.41, 5.74) is 7.02. The number of anilines is 1. The quantitative estimate of drug-likeness (QED) is 0.679. The normalized spacial score (nSPS) is 15.9. The molecule has 3 heterocycles. The first kappa shape index (κ1) is 14.3. The van der Waals surface area contributed by atoms with Crippen LogP contribution in [-0.4, -0.2) is 47.0 Å². The molecule has 0 radical (unpaired) electrons. The van der Waals surface area contributed by atoms with Gasteiger partial charge in [0.1, 0.15) is 5.82 Å². The van der Waals surface area contributed by atoms with E-state index in [0.29, 0.717) is 12.5 Å². The summed E-state index contributed by atoms with van der Waals surface area (Å²) in [5, 5.41) is 0. The number of aromatic nitrogens is 2. The summed E-state index contributed by atoms with van der Waals surface area (Å²) in [4.78, 5) is 17.5. The molecule has 0 atom stereocenters. The predicted octanol–water partition coefficient (Wildman–Crippen LogP) is 1.11. The van der Waals surface area contributed by atoms with E-state index in [1.165, 1.54) is 0 Å². The molecule has 2 aromatic rings. The summed E-state index contributed by atoms with van der Waals surface area (Å²) in [6.45, 7) is 4.03. The van der Waals surface area contributed by atoms with E-state index >= 15 is 0 Å². The molecule has 0 aliphatic carbocycles. The Morgan fingerprint density at radius 3 is 2.36 bits per heavy atom. The monoisotopic (exact) mass is 296 g/mol. The topological polar surface area (TPSA) is 70.6 Å². The Morgan fingerprint density at radius 1 is 1.00 bits per heavy atom. The van der Waals surface area contributed by atoms with Crippen molar-refractivity contribution in [3.63, 3.8) is 0 Å². The molecule has 6 nitrogen and oxygen atoms in total. The Bertz CT molecular complexity index is 605. The fraction of sp³-hybridized carbons (Fsp3) is 0.312. The lowest BCUT2D eigenvalue weighted by Crippen LogP contribution is -2.51. The van der Waals surface area contributed by atoms with Crippen molar-refractivity contribution in [2.24, 2.45) is 10.7 Å². The van der Waals surface area contributed by atoms with E-state index in [9.17, 15) is 0 Å². The number of pyridine rings is 2. The molecule has 2 N–H and O–H groups in total. The van der Waals surface area contributed by atoms with Crippen molar-refractivity contribution >= 4 is 11.8 Å². The Morgan fingerprint density at radius 2 is 1.73 bits per heavy atom. The van der Waals surface area contributed by atoms with Crippen LogP contribution in [0.1, 0.15) is 5.69 Å². The van der Waals surface area contributed by atoms with Crippen LogP contribution in [0, 0.1) is 0 Å². The zero-order valence-corrected chi connectivity index (χ0v) is 12.5. The molecule has 0 saturated carbocycles. The third kappa shape index (κ3) is 3.52. The van der Waals surface area contributed by atoms with Gasteiger partial charge in [0.25, 0.3) is 0 Å².